The number of nitrogens with zero attached hydrogens (tertiary/aromatic N) is 1. The van der Waals surface area contributed by atoms with Gasteiger partial charge in [-0.3, -0.25) is 4.79 Å². The lowest BCUT2D eigenvalue weighted by Gasteiger charge is -2.23. The first-order chi connectivity index (χ1) is 10.2. The molecule has 0 spiro atoms. The zero-order valence-corrected chi connectivity index (χ0v) is 15.5. The van der Waals surface area contributed by atoms with Crippen LogP contribution in [0.15, 0.2) is 29.6 Å². The molecule has 0 saturated carbocycles. The van der Waals surface area contributed by atoms with E-state index in [2.05, 4.69) is 15.6 Å². The van der Waals surface area contributed by atoms with Crippen LogP contribution in [0.3, 0.4) is 0 Å². The molecule has 2 N–H and O–H groups in total. The molecule has 0 aliphatic carbocycles. The van der Waals surface area contributed by atoms with E-state index in [9.17, 15) is 4.79 Å². The second kappa shape index (κ2) is 9.45. The number of benzene rings is 1. The summed E-state index contributed by atoms with van der Waals surface area (Å²) in [6.07, 6.45) is 1.94. The highest BCUT2D eigenvalue weighted by atomic mass is 35.5. The van der Waals surface area contributed by atoms with E-state index in [1.807, 2.05) is 24.3 Å². The van der Waals surface area contributed by atoms with Gasteiger partial charge in [0, 0.05) is 22.0 Å². The van der Waals surface area contributed by atoms with Crippen LogP contribution in [-0.2, 0) is 0 Å². The van der Waals surface area contributed by atoms with Crippen molar-refractivity contribution in [3.63, 3.8) is 0 Å². The quantitative estimate of drug-likeness (QED) is 0.833. The van der Waals surface area contributed by atoms with Crippen molar-refractivity contribution in [1.29, 1.82) is 0 Å². The maximum absolute atomic E-state index is 12.2. The average molecular weight is 395 g/mol. The number of aromatic nitrogens is 1. The van der Waals surface area contributed by atoms with E-state index in [1.54, 1.807) is 5.38 Å². The molecule has 1 aliphatic heterocycles. The minimum absolute atomic E-state index is 0. The number of hydrogen-bond donors (Lipinski definition) is 2. The van der Waals surface area contributed by atoms with Gasteiger partial charge in [-0.1, -0.05) is 23.7 Å². The monoisotopic (exact) mass is 393 g/mol. The molecule has 2 aromatic rings. The van der Waals surface area contributed by atoms with Crippen LogP contribution in [0, 0.1) is 0 Å². The van der Waals surface area contributed by atoms with Crippen molar-refractivity contribution >= 4 is 53.7 Å². The first-order valence-corrected chi connectivity index (χ1v) is 8.21. The second-order valence-corrected chi connectivity index (χ2v) is 6.34. The normalized spacial score (nSPS) is 14.5. The molecule has 0 atom stereocenters. The van der Waals surface area contributed by atoms with Crippen molar-refractivity contribution in [2.45, 2.75) is 18.9 Å². The summed E-state index contributed by atoms with van der Waals surface area (Å²) in [5.74, 6) is -0.0913. The van der Waals surface area contributed by atoms with E-state index in [0.717, 1.165) is 36.5 Å². The zero-order valence-electron chi connectivity index (χ0n) is 12.3. The van der Waals surface area contributed by atoms with Gasteiger partial charge < -0.3 is 10.6 Å². The topological polar surface area (TPSA) is 54.0 Å². The average Bonchev–Trinajstić information content (AvgIpc) is 2.98. The van der Waals surface area contributed by atoms with Gasteiger partial charge in [-0.2, -0.15) is 0 Å². The fraction of sp³-hybridized carbons (Fsp3) is 0.333. The summed E-state index contributed by atoms with van der Waals surface area (Å²) in [6.45, 7) is 1.91. The number of carbonyl (C=O) groups is 1. The largest absolute Gasteiger partial charge is 0.348 e. The number of rotatable bonds is 3. The molecule has 1 aliphatic rings. The predicted molar refractivity (Wildman–Crippen MR) is 100 cm³/mol. The van der Waals surface area contributed by atoms with Gasteiger partial charge >= 0.3 is 0 Å². The summed E-state index contributed by atoms with van der Waals surface area (Å²) in [5.41, 5.74) is 1.42. The first-order valence-electron chi connectivity index (χ1n) is 6.95. The Morgan fingerprint density at radius 1 is 1.30 bits per heavy atom. The number of halogens is 3. The van der Waals surface area contributed by atoms with E-state index in [1.165, 1.54) is 11.3 Å². The van der Waals surface area contributed by atoms with E-state index < -0.39 is 0 Å². The number of carbonyl (C=O) groups excluding carboxylic acids is 1. The molecule has 1 aromatic heterocycles. The van der Waals surface area contributed by atoms with Gasteiger partial charge in [-0.15, -0.1) is 36.2 Å². The third kappa shape index (κ3) is 5.33. The molecule has 0 radical (unpaired) electrons. The van der Waals surface area contributed by atoms with Crippen molar-refractivity contribution in [2.24, 2.45) is 0 Å². The molecule has 4 nitrogen and oxygen atoms in total. The molecule has 0 bridgehead atoms. The molecule has 1 aromatic carbocycles. The predicted octanol–water partition coefficient (Wildman–Crippen LogP) is 3.79. The zero-order chi connectivity index (χ0) is 14.7. The van der Waals surface area contributed by atoms with Gasteiger partial charge in [-0.05, 0) is 38.1 Å². The van der Waals surface area contributed by atoms with E-state index in [-0.39, 0.29) is 36.8 Å². The van der Waals surface area contributed by atoms with Gasteiger partial charge in [0.15, 0.2) is 0 Å². The van der Waals surface area contributed by atoms with Crippen LogP contribution >= 0.6 is 47.8 Å². The molecular formula is C15H18Cl3N3OS. The molecule has 3 rings (SSSR count). The third-order valence-corrected chi connectivity index (χ3v) is 4.61. The second-order valence-electron chi connectivity index (χ2n) is 5.05. The van der Waals surface area contributed by atoms with Crippen molar-refractivity contribution in [3.05, 3.63) is 40.4 Å². The minimum atomic E-state index is -0.0913. The standard InChI is InChI=1S/C15H16ClN3OS.2ClH/c16-11-3-1-2-10(8-11)15-19-13(9-21-15)14(20)18-12-4-6-17-7-5-12;;/h1-3,8-9,12,17H,4-7H2,(H,18,20);2*1H. The van der Waals surface area contributed by atoms with Crippen molar-refractivity contribution < 1.29 is 4.79 Å². The summed E-state index contributed by atoms with van der Waals surface area (Å²) < 4.78 is 0. The molecule has 8 heteroatoms. The Labute approximate surface area is 156 Å². The molecule has 1 amide bonds. The maximum Gasteiger partial charge on any atom is 0.270 e. The number of thiazole rings is 1. The van der Waals surface area contributed by atoms with Gasteiger partial charge in [0.25, 0.3) is 5.91 Å². The van der Waals surface area contributed by atoms with Crippen LogP contribution in [0.25, 0.3) is 10.6 Å². The van der Waals surface area contributed by atoms with Crippen LogP contribution in [0.2, 0.25) is 5.02 Å². The highest BCUT2D eigenvalue weighted by molar-refractivity contribution is 7.13. The molecule has 126 valence electrons. The van der Waals surface area contributed by atoms with Gasteiger partial charge in [-0.25, -0.2) is 4.98 Å². The van der Waals surface area contributed by atoms with E-state index in [4.69, 9.17) is 11.6 Å². The van der Waals surface area contributed by atoms with Gasteiger partial charge in [0.05, 0.1) is 0 Å². The number of piperidine rings is 1. The van der Waals surface area contributed by atoms with Crippen LogP contribution in [0.4, 0.5) is 0 Å². The Bertz CT molecular complexity index is 644. The lowest BCUT2D eigenvalue weighted by molar-refractivity contribution is 0.0925. The lowest BCUT2D eigenvalue weighted by atomic mass is 10.1. The lowest BCUT2D eigenvalue weighted by Crippen LogP contribution is -2.42. The summed E-state index contributed by atoms with van der Waals surface area (Å²) in [7, 11) is 0. The highest BCUT2D eigenvalue weighted by Gasteiger charge is 2.18. The van der Waals surface area contributed by atoms with Crippen molar-refractivity contribution in [2.75, 3.05) is 13.1 Å². The van der Waals surface area contributed by atoms with Crippen molar-refractivity contribution in [1.82, 2.24) is 15.6 Å². The van der Waals surface area contributed by atoms with E-state index in [0.29, 0.717) is 10.7 Å². The van der Waals surface area contributed by atoms with Crippen LogP contribution < -0.4 is 10.6 Å². The Balaban J connectivity index is 0.00000132. The smallest absolute Gasteiger partial charge is 0.270 e. The number of hydrogen-bond acceptors (Lipinski definition) is 4. The summed E-state index contributed by atoms with van der Waals surface area (Å²) in [4.78, 5) is 16.6. The molecule has 23 heavy (non-hydrogen) atoms. The fourth-order valence-corrected chi connectivity index (χ4v) is 3.35. The Hall–Kier alpha value is -0.850. The molecule has 2 heterocycles. The molecule has 1 fully saturated rings. The molecule has 0 unspecified atom stereocenters. The van der Waals surface area contributed by atoms with Gasteiger partial charge in [0.2, 0.25) is 0 Å². The maximum atomic E-state index is 12.2. The Morgan fingerprint density at radius 2 is 2.04 bits per heavy atom. The third-order valence-electron chi connectivity index (χ3n) is 3.48. The number of amides is 1. The summed E-state index contributed by atoms with van der Waals surface area (Å²) >= 11 is 7.44. The Kier molecular flexibility index (Phi) is 8.29. The number of nitrogens with one attached hydrogen (secondary N) is 2. The summed E-state index contributed by atoms with van der Waals surface area (Å²) in [5, 5.41) is 9.61. The van der Waals surface area contributed by atoms with Gasteiger partial charge in [0.1, 0.15) is 10.7 Å². The first kappa shape index (κ1) is 20.2. The molecule has 1 saturated heterocycles. The SMILES string of the molecule is Cl.Cl.O=C(NC1CCNCC1)c1csc(-c2cccc(Cl)c2)n1. The van der Waals surface area contributed by atoms with Crippen LogP contribution in [-0.4, -0.2) is 30.0 Å². The Morgan fingerprint density at radius 3 is 2.74 bits per heavy atom. The summed E-state index contributed by atoms with van der Waals surface area (Å²) in [6, 6.07) is 7.75. The van der Waals surface area contributed by atoms with Crippen molar-refractivity contribution in [3.8, 4) is 10.6 Å². The minimum Gasteiger partial charge on any atom is -0.348 e. The van der Waals surface area contributed by atoms with Crippen LogP contribution in [0.5, 0.6) is 0 Å². The highest BCUT2D eigenvalue weighted by Crippen LogP contribution is 2.26. The van der Waals surface area contributed by atoms with Crippen LogP contribution in [0.1, 0.15) is 23.3 Å². The molecular weight excluding hydrogens is 377 g/mol. The fourth-order valence-electron chi connectivity index (χ4n) is 2.36. The van der Waals surface area contributed by atoms with E-state index >= 15 is 0 Å².